The average Bonchev–Trinajstić information content (AvgIpc) is 2.63. The topological polar surface area (TPSA) is 50.7 Å². The second-order valence-electron chi connectivity index (χ2n) is 3.30. The lowest BCUT2D eigenvalue weighted by Crippen LogP contribution is -2.17. The molecule has 0 saturated heterocycles. The van der Waals surface area contributed by atoms with Gasteiger partial charge in [-0.25, -0.2) is 0 Å². The predicted molar refractivity (Wildman–Crippen MR) is 59.2 cm³/mol. The minimum atomic E-state index is -0.557. The highest BCUT2D eigenvalue weighted by Crippen LogP contribution is 2.38. The van der Waals surface area contributed by atoms with Crippen molar-refractivity contribution in [2.45, 2.75) is 6.10 Å². The summed E-state index contributed by atoms with van der Waals surface area (Å²) in [5.41, 5.74) is 0.800. The van der Waals surface area contributed by atoms with Crippen LogP contribution in [0.1, 0.15) is 11.7 Å². The van der Waals surface area contributed by atoms with Gasteiger partial charge in [0, 0.05) is 11.0 Å². The van der Waals surface area contributed by atoms with E-state index in [1.54, 1.807) is 13.1 Å². The first-order valence-corrected chi connectivity index (χ1v) is 5.43. The van der Waals surface area contributed by atoms with Gasteiger partial charge in [0.1, 0.15) is 0 Å². The van der Waals surface area contributed by atoms with Crippen molar-refractivity contribution in [2.75, 3.05) is 20.4 Å². The highest BCUT2D eigenvalue weighted by molar-refractivity contribution is 9.10. The molecule has 0 spiro atoms. The molecular weight excluding hydrogens is 262 g/mol. The average molecular weight is 274 g/mol. The number of hydrogen-bond acceptors (Lipinski definition) is 4. The van der Waals surface area contributed by atoms with E-state index >= 15 is 0 Å². The van der Waals surface area contributed by atoms with E-state index in [1.165, 1.54) is 0 Å². The fraction of sp³-hybridized carbons (Fsp3) is 0.400. The second-order valence-corrected chi connectivity index (χ2v) is 4.15. The maximum atomic E-state index is 9.84. The van der Waals surface area contributed by atoms with Gasteiger partial charge >= 0.3 is 0 Å². The van der Waals surface area contributed by atoms with Crippen molar-refractivity contribution in [3.63, 3.8) is 0 Å². The van der Waals surface area contributed by atoms with Crippen molar-refractivity contribution in [3.05, 3.63) is 22.2 Å². The largest absolute Gasteiger partial charge is 0.454 e. The van der Waals surface area contributed by atoms with E-state index in [0.717, 1.165) is 10.0 Å². The molecule has 15 heavy (non-hydrogen) atoms. The van der Waals surface area contributed by atoms with Crippen LogP contribution in [0.2, 0.25) is 0 Å². The maximum absolute atomic E-state index is 9.84. The third kappa shape index (κ3) is 2.09. The summed E-state index contributed by atoms with van der Waals surface area (Å²) in [5.74, 6) is 1.39. The second kappa shape index (κ2) is 4.38. The standard InChI is InChI=1S/C10H12BrNO3/c1-12-4-8(13)6-2-9-10(3-7(6)11)15-5-14-9/h2-3,8,12-13H,4-5H2,1H3. The van der Waals surface area contributed by atoms with Gasteiger partial charge in [0.15, 0.2) is 11.5 Å². The van der Waals surface area contributed by atoms with Crippen LogP contribution in [0.15, 0.2) is 16.6 Å². The molecule has 4 nitrogen and oxygen atoms in total. The van der Waals surface area contributed by atoms with Crippen LogP contribution in [0.25, 0.3) is 0 Å². The predicted octanol–water partition coefficient (Wildman–Crippen LogP) is 1.43. The number of rotatable bonds is 3. The summed E-state index contributed by atoms with van der Waals surface area (Å²) in [4.78, 5) is 0. The number of benzene rings is 1. The molecule has 1 atom stereocenters. The summed E-state index contributed by atoms with van der Waals surface area (Å²) in [7, 11) is 1.80. The summed E-state index contributed by atoms with van der Waals surface area (Å²) in [6.45, 7) is 0.742. The fourth-order valence-electron chi connectivity index (χ4n) is 1.49. The molecule has 5 heteroatoms. The maximum Gasteiger partial charge on any atom is 0.231 e. The van der Waals surface area contributed by atoms with E-state index in [0.29, 0.717) is 18.0 Å². The summed E-state index contributed by atoms with van der Waals surface area (Å²) >= 11 is 3.40. The van der Waals surface area contributed by atoms with Crippen molar-refractivity contribution in [1.82, 2.24) is 5.32 Å². The third-order valence-corrected chi connectivity index (χ3v) is 2.94. The molecule has 0 amide bonds. The number of aliphatic hydroxyl groups is 1. The lowest BCUT2D eigenvalue weighted by atomic mass is 10.1. The van der Waals surface area contributed by atoms with Gasteiger partial charge < -0.3 is 19.9 Å². The van der Waals surface area contributed by atoms with Crippen molar-refractivity contribution in [1.29, 1.82) is 0 Å². The zero-order chi connectivity index (χ0) is 10.8. The summed E-state index contributed by atoms with van der Waals surface area (Å²) < 4.78 is 11.3. The van der Waals surface area contributed by atoms with Crippen molar-refractivity contribution < 1.29 is 14.6 Å². The van der Waals surface area contributed by atoms with Gasteiger partial charge in [-0.2, -0.15) is 0 Å². The Morgan fingerprint density at radius 1 is 1.47 bits per heavy atom. The Balaban J connectivity index is 2.31. The van der Waals surface area contributed by atoms with Gasteiger partial charge in [0.25, 0.3) is 0 Å². The molecule has 0 saturated carbocycles. The third-order valence-electron chi connectivity index (χ3n) is 2.25. The lowest BCUT2D eigenvalue weighted by molar-refractivity contribution is 0.171. The Morgan fingerprint density at radius 2 is 2.13 bits per heavy atom. The summed E-state index contributed by atoms with van der Waals surface area (Å²) in [6, 6.07) is 3.62. The Kier molecular flexibility index (Phi) is 3.14. The number of likely N-dealkylation sites (N-methyl/N-ethyl adjacent to an activating group) is 1. The van der Waals surface area contributed by atoms with E-state index in [4.69, 9.17) is 9.47 Å². The van der Waals surface area contributed by atoms with Crippen LogP contribution in [0.4, 0.5) is 0 Å². The first kappa shape index (κ1) is 10.7. The minimum Gasteiger partial charge on any atom is -0.454 e. The van der Waals surface area contributed by atoms with E-state index in [9.17, 15) is 5.11 Å². The van der Waals surface area contributed by atoms with Gasteiger partial charge in [-0.05, 0) is 24.7 Å². The van der Waals surface area contributed by atoms with Crippen LogP contribution in [0, 0.1) is 0 Å². The van der Waals surface area contributed by atoms with Crippen molar-refractivity contribution in [2.24, 2.45) is 0 Å². The van der Waals surface area contributed by atoms with Crippen LogP contribution in [-0.4, -0.2) is 25.5 Å². The number of halogens is 1. The molecule has 0 radical (unpaired) electrons. The lowest BCUT2D eigenvalue weighted by Gasteiger charge is -2.12. The Hall–Kier alpha value is -0.780. The fourth-order valence-corrected chi connectivity index (χ4v) is 2.08. The summed E-state index contributed by atoms with van der Waals surface area (Å²) in [6.07, 6.45) is -0.557. The molecule has 2 rings (SSSR count). The van der Waals surface area contributed by atoms with Gasteiger partial charge in [0.2, 0.25) is 6.79 Å². The normalized spacial score (nSPS) is 15.4. The number of hydrogen-bond donors (Lipinski definition) is 2. The first-order valence-electron chi connectivity index (χ1n) is 4.64. The van der Waals surface area contributed by atoms with E-state index in [2.05, 4.69) is 21.2 Å². The monoisotopic (exact) mass is 273 g/mol. The number of nitrogens with one attached hydrogen (secondary N) is 1. The van der Waals surface area contributed by atoms with Gasteiger partial charge in [0.05, 0.1) is 6.10 Å². The Labute approximate surface area is 96.3 Å². The highest BCUT2D eigenvalue weighted by Gasteiger charge is 2.19. The molecule has 1 aromatic rings. The SMILES string of the molecule is CNCC(O)c1cc2c(cc1Br)OCO2. The first-order chi connectivity index (χ1) is 7.22. The Bertz CT molecular complexity index is 370. The van der Waals surface area contributed by atoms with Crippen LogP contribution in [0.5, 0.6) is 11.5 Å². The quantitative estimate of drug-likeness (QED) is 0.875. The van der Waals surface area contributed by atoms with Crippen molar-refractivity contribution in [3.8, 4) is 11.5 Å². The molecule has 0 aliphatic carbocycles. The number of fused-ring (bicyclic) bond motifs is 1. The molecule has 0 bridgehead atoms. The van der Waals surface area contributed by atoms with Gasteiger partial charge in [-0.15, -0.1) is 0 Å². The van der Waals surface area contributed by atoms with Crippen LogP contribution in [0.3, 0.4) is 0 Å². The van der Waals surface area contributed by atoms with Crippen molar-refractivity contribution >= 4 is 15.9 Å². The van der Waals surface area contributed by atoms with E-state index in [1.807, 2.05) is 6.07 Å². The van der Waals surface area contributed by atoms with Gasteiger partial charge in [-0.3, -0.25) is 0 Å². The van der Waals surface area contributed by atoms with Crippen LogP contribution < -0.4 is 14.8 Å². The zero-order valence-corrected chi connectivity index (χ0v) is 9.87. The molecule has 82 valence electrons. The number of ether oxygens (including phenoxy) is 2. The number of aliphatic hydroxyl groups excluding tert-OH is 1. The van der Waals surface area contributed by atoms with Crippen LogP contribution in [-0.2, 0) is 0 Å². The molecular formula is C10H12BrNO3. The molecule has 0 fully saturated rings. The van der Waals surface area contributed by atoms with Gasteiger partial charge in [-0.1, -0.05) is 15.9 Å². The smallest absolute Gasteiger partial charge is 0.231 e. The molecule has 1 aliphatic heterocycles. The molecule has 1 heterocycles. The molecule has 1 aliphatic rings. The molecule has 1 unspecified atom stereocenters. The summed E-state index contributed by atoms with van der Waals surface area (Å²) in [5, 5.41) is 12.8. The molecule has 1 aromatic carbocycles. The highest BCUT2D eigenvalue weighted by atomic mass is 79.9. The minimum absolute atomic E-state index is 0.243. The Morgan fingerprint density at radius 3 is 2.80 bits per heavy atom. The van der Waals surface area contributed by atoms with E-state index < -0.39 is 6.10 Å². The van der Waals surface area contributed by atoms with Crippen LogP contribution >= 0.6 is 15.9 Å². The molecule has 2 N–H and O–H groups in total. The van der Waals surface area contributed by atoms with E-state index in [-0.39, 0.29) is 6.79 Å². The molecule has 0 aromatic heterocycles. The zero-order valence-electron chi connectivity index (χ0n) is 8.29.